The molecule has 0 amide bonds. The maximum Gasteiger partial charge on any atom is 0.158 e. The van der Waals surface area contributed by atoms with Crippen molar-refractivity contribution in [3.8, 4) is 11.1 Å². The highest BCUT2D eigenvalue weighted by molar-refractivity contribution is 6.01. The van der Waals surface area contributed by atoms with Crippen molar-refractivity contribution in [3.63, 3.8) is 0 Å². The molecule has 0 aliphatic heterocycles. The lowest BCUT2D eigenvalue weighted by Crippen LogP contribution is -2.11. The lowest BCUT2D eigenvalue weighted by Gasteiger charge is -2.23. The lowest BCUT2D eigenvalue weighted by molar-refractivity contribution is 0.492. The molecular weight excluding hydrogens is 366 g/mol. The number of para-hydroxylation sites is 1. The van der Waals surface area contributed by atoms with Gasteiger partial charge in [-0.1, -0.05) is 85.0 Å². The van der Waals surface area contributed by atoms with Crippen LogP contribution in [-0.4, -0.2) is 0 Å². The van der Waals surface area contributed by atoms with Crippen LogP contribution in [0.1, 0.15) is 17.2 Å². The van der Waals surface area contributed by atoms with Crippen molar-refractivity contribution in [2.45, 2.75) is 5.92 Å². The molecule has 2 unspecified atom stereocenters. The van der Waals surface area contributed by atoms with Crippen LogP contribution >= 0.6 is 0 Å². The first-order valence-electron chi connectivity index (χ1n) is 10.4. The third kappa shape index (κ3) is 2.81. The molecule has 3 aromatic carbocycles. The lowest BCUT2D eigenvalue weighted by atomic mass is 9.80. The largest absolute Gasteiger partial charge is 0.458 e. The average Bonchev–Trinajstić information content (AvgIpc) is 3.20. The van der Waals surface area contributed by atoms with E-state index in [1.165, 1.54) is 16.7 Å². The van der Waals surface area contributed by atoms with E-state index < -0.39 is 0 Å². The molecule has 0 spiro atoms. The predicted molar refractivity (Wildman–Crippen MR) is 125 cm³/mol. The van der Waals surface area contributed by atoms with E-state index in [1.807, 2.05) is 18.2 Å². The summed E-state index contributed by atoms with van der Waals surface area (Å²) in [5, 5.41) is 4.74. The zero-order valence-corrected chi connectivity index (χ0v) is 16.5. The molecule has 0 bridgehead atoms. The summed E-state index contributed by atoms with van der Waals surface area (Å²) in [4.78, 5) is 0. The van der Waals surface area contributed by atoms with Gasteiger partial charge in [0.2, 0.25) is 0 Å². The molecule has 6 rings (SSSR count). The quantitative estimate of drug-likeness (QED) is 0.390. The molecule has 1 N–H and O–H groups in total. The molecule has 0 saturated carbocycles. The van der Waals surface area contributed by atoms with Gasteiger partial charge in [-0.2, -0.15) is 0 Å². The normalized spacial score (nSPS) is 18.9. The molecule has 1 heterocycles. The second kappa shape index (κ2) is 6.93. The summed E-state index contributed by atoms with van der Waals surface area (Å²) in [7, 11) is 0. The summed E-state index contributed by atoms with van der Waals surface area (Å²) in [5.41, 5.74) is 6.53. The standard InChI is InChI=1S/C28H21NO/c1-3-9-19(10-4-1)21-17-25-24-16-15-20-11-7-8-14-23(20)27(24)30-28(25)26(18-21)29-22-12-5-2-6-13-22/h1-18,20,23,29H. The number of hydrogen-bond donors (Lipinski definition) is 1. The summed E-state index contributed by atoms with van der Waals surface area (Å²) < 4.78 is 6.56. The van der Waals surface area contributed by atoms with E-state index in [-0.39, 0.29) is 5.92 Å². The minimum Gasteiger partial charge on any atom is -0.458 e. The van der Waals surface area contributed by atoms with Crippen LogP contribution in [0.25, 0.3) is 28.2 Å². The molecule has 2 atom stereocenters. The molecule has 0 radical (unpaired) electrons. The van der Waals surface area contributed by atoms with Gasteiger partial charge in [0, 0.05) is 28.5 Å². The van der Waals surface area contributed by atoms with Crippen molar-refractivity contribution in [2.24, 2.45) is 5.92 Å². The van der Waals surface area contributed by atoms with Crippen molar-refractivity contribution >= 4 is 28.4 Å². The minimum atomic E-state index is 0.257. The Labute approximate surface area is 175 Å². The molecule has 2 heteroatoms. The average molecular weight is 387 g/mol. The number of rotatable bonds is 3. The van der Waals surface area contributed by atoms with Crippen molar-refractivity contribution in [1.29, 1.82) is 0 Å². The maximum absolute atomic E-state index is 6.56. The molecular formula is C28H21NO. The number of allylic oxidation sites excluding steroid dienone is 5. The monoisotopic (exact) mass is 387 g/mol. The zero-order valence-electron chi connectivity index (χ0n) is 16.5. The fourth-order valence-corrected chi connectivity index (χ4v) is 4.50. The molecule has 0 saturated heterocycles. The fraction of sp³-hybridized carbons (Fsp3) is 0.0714. The first-order chi connectivity index (χ1) is 14.9. The van der Waals surface area contributed by atoms with Crippen LogP contribution < -0.4 is 5.32 Å². The van der Waals surface area contributed by atoms with Gasteiger partial charge in [-0.05, 0) is 35.4 Å². The Kier molecular flexibility index (Phi) is 3.95. The van der Waals surface area contributed by atoms with Crippen molar-refractivity contribution in [2.75, 3.05) is 5.32 Å². The number of furan rings is 1. The predicted octanol–water partition coefficient (Wildman–Crippen LogP) is 7.70. The van der Waals surface area contributed by atoms with Crippen LogP contribution in [0.4, 0.5) is 11.4 Å². The first-order valence-corrected chi connectivity index (χ1v) is 10.4. The second-order valence-corrected chi connectivity index (χ2v) is 7.87. The number of benzene rings is 3. The molecule has 1 aromatic heterocycles. The number of hydrogen-bond acceptors (Lipinski definition) is 2. The third-order valence-corrected chi connectivity index (χ3v) is 5.98. The van der Waals surface area contributed by atoms with Crippen molar-refractivity contribution in [1.82, 2.24) is 0 Å². The third-order valence-electron chi connectivity index (χ3n) is 5.98. The number of anilines is 2. The summed E-state index contributed by atoms with van der Waals surface area (Å²) in [5.74, 6) is 1.67. The van der Waals surface area contributed by atoms with Gasteiger partial charge in [0.25, 0.3) is 0 Å². The summed E-state index contributed by atoms with van der Waals surface area (Å²) in [6.45, 7) is 0. The Morgan fingerprint density at radius 1 is 0.733 bits per heavy atom. The van der Waals surface area contributed by atoms with E-state index in [9.17, 15) is 0 Å². The minimum absolute atomic E-state index is 0.257. The Hall–Kier alpha value is -3.78. The van der Waals surface area contributed by atoms with Gasteiger partial charge in [0.05, 0.1) is 5.69 Å². The molecule has 2 aliphatic carbocycles. The van der Waals surface area contributed by atoms with Crippen LogP contribution in [0, 0.1) is 5.92 Å². The van der Waals surface area contributed by atoms with Gasteiger partial charge in [0.15, 0.2) is 5.58 Å². The first kappa shape index (κ1) is 17.1. The van der Waals surface area contributed by atoms with E-state index in [0.717, 1.165) is 28.1 Å². The van der Waals surface area contributed by atoms with E-state index in [4.69, 9.17) is 4.42 Å². The molecule has 30 heavy (non-hydrogen) atoms. The Bertz CT molecular complexity index is 1310. The summed E-state index contributed by atoms with van der Waals surface area (Å²) in [6, 6.07) is 25.2. The smallest absolute Gasteiger partial charge is 0.158 e. The number of nitrogens with one attached hydrogen (secondary N) is 1. The van der Waals surface area contributed by atoms with Gasteiger partial charge < -0.3 is 9.73 Å². The van der Waals surface area contributed by atoms with Crippen LogP contribution in [0.3, 0.4) is 0 Å². The van der Waals surface area contributed by atoms with E-state index in [2.05, 4.69) is 96.4 Å². The summed E-state index contributed by atoms with van der Waals surface area (Å²) >= 11 is 0. The molecule has 2 aliphatic rings. The van der Waals surface area contributed by atoms with Crippen LogP contribution in [0.5, 0.6) is 0 Å². The van der Waals surface area contributed by atoms with Gasteiger partial charge in [0.1, 0.15) is 5.76 Å². The Balaban J connectivity index is 1.58. The molecule has 2 nitrogen and oxygen atoms in total. The molecule has 0 fully saturated rings. The van der Waals surface area contributed by atoms with Crippen molar-refractivity contribution in [3.05, 3.63) is 115 Å². The molecule has 144 valence electrons. The topological polar surface area (TPSA) is 25.2 Å². The highest BCUT2D eigenvalue weighted by atomic mass is 16.3. The van der Waals surface area contributed by atoms with Gasteiger partial charge in [-0.25, -0.2) is 0 Å². The van der Waals surface area contributed by atoms with Gasteiger partial charge in [-0.15, -0.1) is 0 Å². The van der Waals surface area contributed by atoms with Gasteiger partial charge in [-0.3, -0.25) is 0 Å². The Morgan fingerprint density at radius 2 is 1.50 bits per heavy atom. The highest BCUT2D eigenvalue weighted by Crippen LogP contribution is 2.45. The fourth-order valence-electron chi connectivity index (χ4n) is 4.50. The van der Waals surface area contributed by atoms with Crippen LogP contribution in [0.15, 0.2) is 108 Å². The SMILES string of the molecule is C1=CC2C=Cc3c(oc4c(Nc5ccccc5)cc(-c5ccccc5)cc34)C2C=C1. The Morgan fingerprint density at radius 3 is 2.33 bits per heavy atom. The maximum atomic E-state index is 6.56. The summed E-state index contributed by atoms with van der Waals surface area (Å²) in [6.07, 6.45) is 13.3. The zero-order chi connectivity index (χ0) is 19.9. The van der Waals surface area contributed by atoms with Gasteiger partial charge >= 0.3 is 0 Å². The molecule has 4 aromatic rings. The van der Waals surface area contributed by atoms with Crippen LogP contribution in [0.2, 0.25) is 0 Å². The number of fused-ring (bicyclic) bond motifs is 5. The van der Waals surface area contributed by atoms with E-state index in [0.29, 0.717) is 5.92 Å². The van der Waals surface area contributed by atoms with E-state index >= 15 is 0 Å². The second-order valence-electron chi connectivity index (χ2n) is 7.87. The van der Waals surface area contributed by atoms with E-state index in [1.54, 1.807) is 0 Å². The van der Waals surface area contributed by atoms with Crippen LogP contribution in [-0.2, 0) is 0 Å². The van der Waals surface area contributed by atoms with Crippen molar-refractivity contribution < 1.29 is 4.42 Å². The highest BCUT2D eigenvalue weighted by Gasteiger charge is 2.30.